The Balaban J connectivity index is 0.000000173. The van der Waals surface area contributed by atoms with E-state index in [1.165, 1.54) is 0 Å². The number of urea groups is 1. The summed E-state index contributed by atoms with van der Waals surface area (Å²) in [4.78, 5) is 40.2. The van der Waals surface area contributed by atoms with Gasteiger partial charge in [0.15, 0.2) is 0 Å². The van der Waals surface area contributed by atoms with Gasteiger partial charge in [-0.15, -0.1) is 0 Å². The number of amides is 3. The van der Waals surface area contributed by atoms with Crippen molar-refractivity contribution in [2.45, 2.75) is 24.8 Å². The molecule has 0 radical (unpaired) electrons. The van der Waals surface area contributed by atoms with Crippen molar-refractivity contribution in [3.8, 4) is 0 Å². The van der Waals surface area contributed by atoms with E-state index in [4.69, 9.17) is 16.6 Å². The zero-order valence-electron chi connectivity index (χ0n) is 20.5. The van der Waals surface area contributed by atoms with Crippen molar-refractivity contribution in [3.05, 3.63) is 95.1 Å². The zero-order valence-corrected chi connectivity index (χ0v) is 20.5. The Morgan fingerprint density at radius 3 is 2.43 bits per heavy atom. The highest BCUT2D eigenvalue weighted by Crippen LogP contribution is 2.32. The van der Waals surface area contributed by atoms with E-state index >= 15 is 0 Å². The van der Waals surface area contributed by atoms with E-state index in [0.29, 0.717) is 18.5 Å². The smallest absolute Gasteiger partial charge is 0.324 e. The van der Waals surface area contributed by atoms with Crippen LogP contribution in [0.25, 0.3) is 0 Å². The average molecular weight is 500 g/mol. The lowest BCUT2D eigenvalue weighted by molar-refractivity contribution is -0.143. The number of aliphatic imine (C=N–C) groups is 1. The molecule has 0 saturated carbocycles. The fraction of sp³-hybridized carbons (Fsp3) is 0.214. The number of anilines is 2. The number of carboxylic acid groups (broad SMARTS) is 1. The highest BCUT2D eigenvalue weighted by Gasteiger charge is 2.38. The summed E-state index contributed by atoms with van der Waals surface area (Å²) in [5, 5.41) is 11.7. The van der Waals surface area contributed by atoms with Crippen LogP contribution >= 0.6 is 0 Å². The monoisotopic (exact) mass is 499 g/mol. The lowest BCUT2D eigenvalue weighted by atomic mass is 9.78. The van der Waals surface area contributed by atoms with Crippen LogP contribution in [0, 0.1) is 0 Å². The first-order valence-electron chi connectivity index (χ1n) is 11.8. The van der Waals surface area contributed by atoms with Crippen LogP contribution in [-0.4, -0.2) is 47.9 Å². The van der Waals surface area contributed by atoms with Gasteiger partial charge in [-0.3, -0.25) is 14.6 Å². The molecule has 0 aromatic heterocycles. The van der Waals surface area contributed by atoms with Crippen molar-refractivity contribution < 1.29 is 19.5 Å². The lowest BCUT2D eigenvalue weighted by Gasteiger charge is -2.31. The minimum absolute atomic E-state index is 0.0124. The molecule has 1 heterocycles. The third-order valence-electron chi connectivity index (χ3n) is 6.60. The van der Waals surface area contributed by atoms with Gasteiger partial charge in [0, 0.05) is 30.3 Å². The summed E-state index contributed by atoms with van der Waals surface area (Å²) in [5.74, 6) is -0.986. The molecular formula is C28H29N5O4. The number of hydrogen-bond acceptors (Lipinski definition) is 5. The number of aliphatic carboxylic acids is 1. The number of nitrogens with one attached hydrogen (secondary N) is 1. The van der Waals surface area contributed by atoms with Crippen molar-refractivity contribution >= 4 is 35.0 Å². The molecule has 1 aliphatic carbocycles. The number of benzodiazepines with no additional fused rings is 1. The summed E-state index contributed by atoms with van der Waals surface area (Å²) >= 11 is 0. The Kier molecular flexibility index (Phi) is 7.35. The van der Waals surface area contributed by atoms with E-state index in [1.54, 1.807) is 24.1 Å². The molecule has 1 unspecified atom stereocenters. The second-order valence-electron chi connectivity index (χ2n) is 9.07. The number of rotatable bonds is 3. The number of carbonyl (C=O) groups excluding carboxylic acids is 2. The van der Waals surface area contributed by atoms with E-state index in [1.807, 2.05) is 60.7 Å². The Hall–Kier alpha value is -4.50. The molecule has 9 nitrogen and oxygen atoms in total. The predicted molar refractivity (Wildman–Crippen MR) is 143 cm³/mol. The second-order valence-corrected chi connectivity index (χ2v) is 9.07. The number of carboxylic acids is 1. The summed E-state index contributed by atoms with van der Waals surface area (Å²) in [5.41, 5.74) is 15.9. The number of fused-ring (bicyclic) bond motifs is 2. The number of primary amides is 1. The number of nitrogens with zero attached hydrogens (tertiary/aromatic N) is 2. The summed E-state index contributed by atoms with van der Waals surface area (Å²) < 4.78 is 0. The molecule has 3 amide bonds. The summed E-state index contributed by atoms with van der Waals surface area (Å²) in [6.07, 6.45) is 1.10. The molecular weight excluding hydrogens is 470 g/mol. The van der Waals surface area contributed by atoms with Gasteiger partial charge in [0.2, 0.25) is 5.91 Å². The number of benzene rings is 3. The third-order valence-corrected chi connectivity index (χ3v) is 6.60. The average Bonchev–Trinajstić information content (AvgIpc) is 3.01. The maximum atomic E-state index is 12.0. The van der Waals surface area contributed by atoms with Crippen LogP contribution < -0.4 is 21.7 Å². The van der Waals surface area contributed by atoms with E-state index in [9.17, 15) is 14.4 Å². The first-order chi connectivity index (χ1) is 17.7. The Labute approximate surface area is 214 Å². The van der Waals surface area contributed by atoms with Gasteiger partial charge >= 0.3 is 12.0 Å². The molecule has 3 aromatic rings. The summed E-state index contributed by atoms with van der Waals surface area (Å²) in [6.45, 7) is 0.190. The molecule has 9 heteroatoms. The quantitative estimate of drug-likeness (QED) is 0.437. The van der Waals surface area contributed by atoms with Crippen LogP contribution in [0.3, 0.4) is 0 Å². The maximum Gasteiger partial charge on any atom is 0.324 e. The SMILES string of the molecule is CN1C(=O)CN=C(c2ccccc2)c2ccccc21.NC(=O)Nc1cccc2c1CCC(N)(C(=O)O)C2. The Bertz CT molecular complexity index is 1370. The standard InChI is InChI=1S/C16H14N2O.C12H15N3O3/c1-18-14-10-6-5-9-13(14)16(17-11-15(18)19)12-7-3-2-4-8-12;13-11(18)15-9-3-1-2-7-6-12(14,10(16)17)5-4-8(7)9/h2-10H,11H2,1H3;1-3H,4-6,14H2,(H,16,17)(H3,13,15,18). The number of nitrogens with two attached hydrogens (primary N) is 2. The first kappa shape index (κ1) is 25.6. The number of carbonyl (C=O) groups is 3. The van der Waals surface area contributed by atoms with E-state index in [0.717, 1.165) is 33.7 Å². The third kappa shape index (κ3) is 5.52. The maximum absolute atomic E-state index is 12.0. The van der Waals surface area contributed by atoms with Gasteiger partial charge in [-0.25, -0.2) is 4.79 Å². The number of hydrogen-bond donors (Lipinski definition) is 4. The molecule has 1 aliphatic heterocycles. The first-order valence-corrected chi connectivity index (χ1v) is 11.8. The molecule has 190 valence electrons. The molecule has 1 atom stereocenters. The van der Waals surface area contributed by atoms with Gasteiger partial charge < -0.3 is 26.8 Å². The molecule has 0 saturated heterocycles. The Morgan fingerprint density at radius 1 is 1.03 bits per heavy atom. The topological polar surface area (TPSA) is 151 Å². The van der Waals surface area contributed by atoms with E-state index in [2.05, 4.69) is 10.3 Å². The zero-order chi connectivity index (χ0) is 26.6. The van der Waals surface area contributed by atoms with Crippen molar-refractivity contribution in [1.82, 2.24) is 0 Å². The van der Waals surface area contributed by atoms with Crippen LogP contribution in [0.5, 0.6) is 0 Å². The molecule has 3 aromatic carbocycles. The molecule has 37 heavy (non-hydrogen) atoms. The van der Waals surface area contributed by atoms with E-state index < -0.39 is 17.5 Å². The Morgan fingerprint density at radius 2 is 1.73 bits per heavy atom. The van der Waals surface area contributed by atoms with Crippen LogP contribution in [-0.2, 0) is 22.4 Å². The van der Waals surface area contributed by atoms with Crippen molar-refractivity contribution in [2.24, 2.45) is 16.5 Å². The van der Waals surface area contributed by atoms with Gasteiger partial charge in [0.25, 0.3) is 0 Å². The van der Waals surface area contributed by atoms with Crippen molar-refractivity contribution in [1.29, 1.82) is 0 Å². The van der Waals surface area contributed by atoms with Gasteiger partial charge in [0.05, 0.1) is 11.4 Å². The number of likely N-dealkylation sites (N-methyl/N-ethyl adjacent to an activating group) is 1. The van der Waals surface area contributed by atoms with Crippen LogP contribution in [0.15, 0.2) is 77.8 Å². The highest BCUT2D eigenvalue weighted by atomic mass is 16.4. The minimum Gasteiger partial charge on any atom is -0.480 e. The van der Waals surface area contributed by atoms with Crippen molar-refractivity contribution in [2.75, 3.05) is 23.8 Å². The molecule has 5 rings (SSSR count). The van der Waals surface area contributed by atoms with Crippen LogP contribution in [0.4, 0.5) is 16.2 Å². The van der Waals surface area contributed by atoms with Gasteiger partial charge in [-0.2, -0.15) is 0 Å². The van der Waals surface area contributed by atoms with Gasteiger partial charge in [0.1, 0.15) is 12.1 Å². The minimum atomic E-state index is -1.22. The molecule has 2 aliphatic rings. The highest BCUT2D eigenvalue weighted by molar-refractivity contribution is 6.19. The molecule has 6 N–H and O–H groups in total. The fourth-order valence-electron chi connectivity index (χ4n) is 4.59. The largest absolute Gasteiger partial charge is 0.480 e. The molecule has 0 spiro atoms. The van der Waals surface area contributed by atoms with Gasteiger partial charge in [-0.1, -0.05) is 60.7 Å². The van der Waals surface area contributed by atoms with E-state index in [-0.39, 0.29) is 18.9 Å². The lowest BCUT2D eigenvalue weighted by Crippen LogP contribution is -2.52. The second kappa shape index (κ2) is 10.6. The van der Waals surface area contributed by atoms with Crippen LogP contribution in [0.2, 0.25) is 0 Å². The van der Waals surface area contributed by atoms with Crippen molar-refractivity contribution in [3.63, 3.8) is 0 Å². The summed E-state index contributed by atoms with van der Waals surface area (Å²) in [6, 6.07) is 22.5. The normalized spacial score (nSPS) is 18.3. The molecule has 0 fully saturated rings. The van der Waals surface area contributed by atoms with Gasteiger partial charge in [-0.05, 0) is 36.1 Å². The number of para-hydroxylation sites is 1. The molecule has 0 bridgehead atoms. The summed E-state index contributed by atoms with van der Waals surface area (Å²) in [7, 11) is 1.80. The predicted octanol–water partition coefficient (Wildman–Crippen LogP) is 2.95. The van der Waals surface area contributed by atoms with Crippen LogP contribution in [0.1, 0.15) is 28.7 Å². The fourth-order valence-corrected chi connectivity index (χ4v) is 4.59.